The predicted octanol–water partition coefficient (Wildman–Crippen LogP) is 1.86. The summed E-state index contributed by atoms with van der Waals surface area (Å²) in [7, 11) is 1.53. The quantitative estimate of drug-likeness (QED) is 0.705. The van der Waals surface area contributed by atoms with E-state index in [1.165, 1.54) is 26.4 Å². The van der Waals surface area contributed by atoms with E-state index in [1.54, 1.807) is 12.1 Å². The summed E-state index contributed by atoms with van der Waals surface area (Å²) in [4.78, 5) is 11.7. The molecule has 1 aromatic heterocycles. The standard InChI is InChI=1S/C11H14N2O2/c1-15-11-6-5-9(12-13-11)10(14)7-8-3-2-4-8/h5-6,8H,2-4,7H2,1H3. The number of hydrogen-bond donors (Lipinski definition) is 0. The van der Waals surface area contributed by atoms with Crippen molar-refractivity contribution in [2.45, 2.75) is 25.7 Å². The molecule has 0 atom stereocenters. The van der Waals surface area contributed by atoms with E-state index in [4.69, 9.17) is 4.74 Å². The average Bonchev–Trinajstić information content (AvgIpc) is 2.23. The van der Waals surface area contributed by atoms with Gasteiger partial charge >= 0.3 is 0 Å². The summed E-state index contributed by atoms with van der Waals surface area (Å²) in [5, 5.41) is 7.61. The van der Waals surface area contributed by atoms with Crippen LogP contribution in [0.5, 0.6) is 5.88 Å². The molecule has 80 valence electrons. The number of ether oxygens (including phenoxy) is 1. The van der Waals surface area contributed by atoms with Crippen molar-refractivity contribution in [3.8, 4) is 5.88 Å². The predicted molar refractivity (Wildman–Crippen MR) is 54.9 cm³/mol. The van der Waals surface area contributed by atoms with Gasteiger partial charge in [-0.25, -0.2) is 0 Å². The van der Waals surface area contributed by atoms with Crippen molar-refractivity contribution in [2.24, 2.45) is 5.92 Å². The number of carbonyl (C=O) groups is 1. The van der Waals surface area contributed by atoms with E-state index < -0.39 is 0 Å². The highest BCUT2D eigenvalue weighted by molar-refractivity contribution is 5.94. The number of Topliss-reactive ketones (excluding diaryl/α,β-unsaturated/α-hetero) is 1. The van der Waals surface area contributed by atoms with Crippen molar-refractivity contribution in [1.82, 2.24) is 10.2 Å². The van der Waals surface area contributed by atoms with E-state index in [1.807, 2.05) is 0 Å². The fourth-order valence-electron chi connectivity index (χ4n) is 1.64. The van der Waals surface area contributed by atoms with Gasteiger partial charge in [0.25, 0.3) is 0 Å². The summed E-state index contributed by atoms with van der Waals surface area (Å²) in [6.45, 7) is 0. The van der Waals surface area contributed by atoms with Crippen LogP contribution in [-0.2, 0) is 0 Å². The Kier molecular flexibility index (Phi) is 2.94. The van der Waals surface area contributed by atoms with Crippen LogP contribution in [0.15, 0.2) is 12.1 Å². The van der Waals surface area contributed by atoms with Crippen molar-refractivity contribution >= 4 is 5.78 Å². The van der Waals surface area contributed by atoms with Crippen LogP contribution in [0.4, 0.5) is 0 Å². The molecule has 1 aromatic rings. The molecule has 0 aromatic carbocycles. The third kappa shape index (κ3) is 2.32. The number of methoxy groups -OCH3 is 1. The van der Waals surface area contributed by atoms with Crippen molar-refractivity contribution in [3.63, 3.8) is 0 Å². The average molecular weight is 206 g/mol. The van der Waals surface area contributed by atoms with Crippen molar-refractivity contribution in [2.75, 3.05) is 7.11 Å². The molecule has 0 aliphatic heterocycles. The van der Waals surface area contributed by atoms with Crippen molar-refractivity contribution in [3.05, 3.63) is 17.8 Å². The first kappa shape index (κ1) is 10.1. The van der Waals surface area contributed by atoms with Crippen LogP contribution in [0.25, 0.3) is 0 Å². The second kappa shape index (κ2) is 4.38. The largest absolute Gasteiger partial charge is 0.480 e. The molecular formula is C11H14N2O2. The Morgan fingerprint density at radius 3 is 2.73 bits per heavy atom. The molecule has 15 heavy (non-hydrogen) atoms. The fraction of sp³-hybridized carbons (Fsp3) is 0.545. The number of aromatic nitrogens is 2. The number of carbonyl (C=O) groups excluding carboxylic acids is 1. The lowest BCUT2D eigenvalue weighted by molar-refractivity contribution is 0.0930. The summed E-state index contributed by atoms with van der Waals surface area (Å²) in [6.07, 6.45) is 4.22. The molecule has 0 unspecified atom stereocenters. The summed E-state index contributed by atoms with van der Waals surface area (Å²) in [6, 6.07) is 3.34. The maximum atomic E-state index is 11.7. The van der Waals surface area contributed by atoms with E-state index in [0.29, 0.717) is 23.9 Å². The van der Waals surface area contributed by atoms with Crippen LogP contribution in [0.1, 0.15) is 36.2 Å². The number of hydrogen-bond acceptors (Lipinski definition) is 4. The number of ketones is 1. The van der Waals surface area contributed by atoms with E-state index in [2.05, 4.69) is 10.2 Å². The Morgan fingerprint density at radius 2 is 2.27 bits per heavy atom. The summed E-state index contributed by atoms with van der Waals surface area (Å²) >= 11 is 0. The van der Waals surface area contributed by atoms with Crippen LogP contribution >= 0.6 is 0 Å². The lowest BCUT2D eigenvalue weighted by Crippen LogP contribution is -2.16. The molecule has 2 rings (SSSR count). The Bertz CT molecular complexity index is 344. The first-order valence-corrected chi connectivity index (χ1v) is 5.20. The van der Waals surface area contributed by atoms with Crippen LogP contribution in [0.2, 0.25) is 0 Å². The Morgan fingerprint density at radius 1 is 1.47 bits per heavy atom. The molecule has 1 heterocycles. The molecule has 1 aliphatic carbocycles. The molecule has 4 nitrogen and oxygen atoms in total. The molecule has 0 N–H and O–H groups in total. The third-order valence-corrected chi connectivity index (χ3v) is 2.83. The van der Waals surface area contributed by atoms with E-state index in [9.17, 15) is 4.79 Å². The minimum atomic E-state index is 0.0925. The monoisotopic (exact) mass is 206 g/mol. The van der Waals surface area contributed by atoms with Crippen LogP contribution in [0.3, 0.4) is 0 Å². The molecule has 1 fully saturated rings. The lowest BCUT2D eigenvalue weighted by atomic mass is 9.81. The van der Waals surface area contributed by atoms with Gasteiger partial charge in [-0.15, -0.1) is 10.2 Å². The van der Waals surface area contributed by atoms with Crippen LogP contribution in [-0.4, -0.2) is 23.1 Å². The second-order valence-corrected chi connectivity index (χ2v) is 3.89. The van der Waals surface area contributed by atoms with Gasteiger partial charge in [-0.3, -0.25) is 4.79 Å². The molecule has 0 saturated heterocycles. The lowest BCUT2D eigenvalue weighted by Gasteiger charge is -2.23. The Hall–Kier alpha value is -1.45. The van der Waals surface area contributed by atoms with Gasteiger partial charge in [0.2, 0.25) is 5.88 Å². The zero-order chi connectivity index (χ0) is 10.7. The molecule has 0 bridgehead atoms. The number of rotatable bonds is 4. The maximum Gasteiger partial charge on any atom is 0.233 e. The van der Waals surface area contributed by atoms with E-state index in [0.717, 1.165) is 0 Å². The zero-order valence-corrected chi connectivity index (χ0v) is 8.77. The molecule has 0 amide bonds. The molecular weight excluding hydrogens is 192 g/mol. The minimum Gasteiger partial charge on any atom is -0.480 e. The van der Waals surface area contributed by atoms with Gasteiger partial charge < -0.3 is 4.74 Å². The van der Waals surface area contributed by atoms with Crippen LogP contribution < -0.4 is 4.74 Å². The molecule has 1 aliphatic rings. The third-order valence-electron chi connectivity index (χ3n) is 2.83. The number of nitrogens with zero attached hydrogens (tertiary/aromatic N) is 2. The Balaban J connectivity index is 1.98. The van der Waals surface area contributed by atoms with Gasteiger partial charge in [-0.1, -0.05) is 19.3 Å². The van der Waals surface area contributed by atoms with Crippen LogP contribution in [0, 0.1) is 5.92 Å². The summed E-state index contributed by atoms with van der Waals surface area (Å²) in [5.74, 6) is 1.10. The first-order chi connectivity index (χ1) is 7.29. The SMILES string of the molecule is COc1ccc(C(=O)CC2CCC2)nn1. The Labute approximate surface area is 88.7 Å². The minimum absolute atomic E-state index is 0.0925. The first-order valence-electron chi connectivity index (χ1n) is 5.20. The van der Waals surface area contributed by atoms with Gasteiger partial charge in [0.05, 0.1) is 7.11 Å². The van der Waals surface area contributed by atoms with Gasteiger partial charge in [0, 0.05) is 12.5 Å². The van der Waals surface area contributed by atoms with Crippen molar-refractivity contribution in [1.29, 1.82) is 0 Å². The molecule has 0 radical (unpaired) electrons. The van der Waals surface area contributed by atoms with Gasteiger partial charge in [-0.05, 0) is 12.0 Å². The summed E-state index contributed by atoms with van der Waals surface area (Å²) in [5.41, 5.74) is 0.447. The topological polar surface area (TPSA) is 52.1 Å². The van der Waals surface area contributed by atoms with Gasteiger partial charge in [0.15, 0.2) is 5.78 Å². The smallest absolute Gasteiger partial charge is 0.233 e. The van der Waals surface area contributed by atoms with Gasteiger partial charge in [-0.2, -0.15) is 0 Å². The normalized spacial score (nSPS) is 15.8. The second-order valence-electron chi connectivity index (χ2n) is 3.89. The molecule has 1 saturated carbocycles. The molecule has 4 heteroatoms. The van der Waals surface area contributed by atoms with E-state index >= 15 is 0 Å². The highest BCUT2D eigenvalue weighted by atomic mass is 16.5. The van der Waals surface area contributed by atoms with Gasteiger partial charge in [0.1, 0.15) is 5.69 Å². The highest BCUT2D eigenvalue weighted by Crippen LogP contribution is 2.30. The van der Waals surface area contributed by atoms with Crippen molar-refractivity contribution < 1.29 is 9.53 Å². The molecule has 0 spiro atoms. The zero-order valence-electron chi connectivity index (χ0n) is 8.77. The summed E-state index contributed by atoms with van der Waals surface area (Å²) < 4.78 is 4.88. The maximum absolute atomic E-state index is 11.7. The van der Waals surface area contributed by atoms with E-state index in [-0.39, 0.29) is 5.78 Å². The highest BCUT2D eigenvalue weighted by Gasteiger charge is 2.22. The fourth-order valence-corrected chi connectivity index (χ4v) is 1.64.